The maximum absolute atomic E-state index is 11.7. The lowest BCUT2D eigenvalue weighted by atomic mass is 10.1. The molecule has 82 valence electrons. The second kappa shape index (κ2) is 5.76. The second-order valence-corrected chi connectivity index (χ2v) is 4.03. The number of benzene rings is 1. The first-order valence-corrected chi connectivity index (χ1v) is 5.58. The maximum atomic E-state index is 11.7. The lowest BCUT2D eigenvalue weighted by Gasteiger charge is -2.15. The van der Waals surface area contributed by atoms with Gasteiger partial charge in [-0.2, -0.15) is 0 Å². The van der Waals surface area contributed by atoms with Gasteiger partial charge in [-0.05, 0) is 18.9 Å². The van der Waals surface area contributed by atoms with Crippen molar-refractivity contribution in [3.05, 3.63) is 35.9 Å². The van der Waals surface area contributed by atoms with E-state index in [1.165, 1.54) is 0 Å². The molecule has 0 fully saturated rings. The van der Waals surface area contributed by atoms with Gasteiger partial charge in [-0.1, -0.05) is 37.3 Å². The number of alkyl halides is 1. The van der Waals surface area contributed by atoms with Crippen LogP contribution in [0.4, 0.5) is 0 Å². The Morgan fingerprint density at radius 2 is 2.00 bits per heavy atom. The molecule has 3 heteroatoms. The van der Waals surface area contributed by atoms with Crippen molar-refractivity contribution < 1.29 is 4.79 Å². The molecule has 0 saturated carbocycles. The van der Waals surface area contributed by atoms with E-state index in [2.05, 4.69) is 5.32 Å². The molecule has 1 N–H and O–H groups in total. The molecular formula is C12H16ClNO. The molecule has 1 rings (SSSR count). The highest BCUT2D eigenvalue weighted by Crippen LogP contribution is 2.20. The van der Waals surface area contributed by atoms with Crippen LogP contribution in [0.5, 0.6) is 0 Å². The zero-order chi connectivity index (χ0) is 11.3. The summed E-state index contributed by atoms with van der Waals surface area (Å²) in [7, 11) is 0. The van der Waals surface area contributed by atoms with Crippen molar-refractivity contribution in [1.82, 2.24) is 5.32 Å². The van der Waals surface area contributed by atoms with Gasteiger partial charge in [0, 0.05) is 6.04 Å². The molecule has 1 aromatic rings. The minimum atomic E-state index is -0.597. The third-order valence-corrected chi connectivity index (χ3v) is 2.77. The summed E-state index contributed by atoms with van der Waals surface area (Å²) in [5.74, 6) is -0.128. The molecule has 0 aliphatic carbocycles. The molecule has 0 heterocycles. The highest BCUT2D eigenvalue weighted by atomic mass is 35.5. The number of carbonyl (C=O) groups excluding carboxylic acids is 1. The lowest BCUT2D eigenvalue weighted by Crippen LogP contribution is -2.34. The lowest BCUT2D eigenvalue weighted by molar-refractivity contribution is -0.121. The molecule has 0 aliphatic heterocycles. The van der Waals surface area contributed by atoms with E-state index in [0.717, 1.165) is 12.0 Å². The quantitative estimate of drug-likeness (QED) is 0.785. The van der Waals surface area contributed by atoms with E-state index in [-0.39, 0.29) is 11.9 Å². The van der Waals surface area contributed by atoms with E-state index in [1.54, 1.807) is 0 Å². The Bertz CT molecular complexity index is 313. The highest BCUT2D eigenvalue weighted by Gasteiger charge is 2.18. The predicted molar refractivity (Wildman–Crippen MR) is 62.9 cm³/mol. The van der Waals surface area contributed by atoms with Gasteiger partial charge in [0.05, 0.1) is 0 Å². The normalized spacial score (nSPS) is 14.3. The summed E-state index contributed by atoms with van der Waals surface area (Å²) >= 11 is 6.05. The third-order valence-electron chi connectivity index (χ3n) is 2.32. The smallest absolute Gasteiger partial charge is 0.242 e. The third kappa shape index (κ3) is 3.56. The van der Waals surface area contributed by atoms with Gasteiger partial charge in [0.1, 0.15) is 5.38 Å². The fourth-order valence-electron chi connectivity index (χ4n) is 1.19. The molecule has 2 unspecified atom stereocenters. The van der Waals surface area contributed by atoms with Gasteiger partial charge in [-0.15, -0.1) is 11.6 Å². The van der Waals surface area contributed by atoms with Gasteiger partial charge in [0.2, 0.25) is 5.91 Å². The van der Waals surface area contributed by atoms with Crippen LogP contribution in [0.25, 0.3) is 0 Å². The van der Waals surface area contributed by atoms with E-state index in [0.29, 0.717) is 0 Å². The number of halogens is 1. The van der Waals surface area contributed by atoms with Crippen LogP contribution < -0.4 is 5.32 Å². The molecule has 0 saturated heterocycles. The summed E-state index contributed by atoms with van der Waals surface area (Å²) in [6.07, 6.45) is 0.907. The van der Waals surface area contributed by atoms with Crippen LogP contribution in [-0.4, -0.2) is 11.9 Å². The molecule has 15 heavy (non-hydrogen) atoms. The van der Waals surface area contributed by atoms with E-state index < -0.39 is 5.38 Å². The number of rotatable bonds is 4. The first-order valence-electron chi connectivity index (χ1n) is 5.14. The molecule has 2 nitrogen and oxygen atoms in total. The standard InChI is InChI=1S/C12H16ClNO/c1-3-9(2)14-12(15)11(13)10-7-5-4-6-8-10/h4-9,11H,3H2,1-2H3,(H,14,15). The molecule has 1 amide bonds. The van der Waals surface area contributed by atoms with Crippen LogP contribution in [0, 0.1) is 0 Å². The van der Waals surface area contributed by atoms with Crippen molar-refractivity contribution in [2.75, 3.05) is 0 Å². The van der Waals surface area contributed by atoms with E-state index in [1.807, 2.05) is 44.2 Å². The monoisotopic (exact) mass is 225 g/mol. The van der Waals surface area contributed by atoms with E-state index in [4.69, 9.17) is 11.6 Å². The molecule has 0 spiro atoms. The van der Waals surface area contributed by atoms with Crippen molar-refractivity contribution in [1.29, 1.82) is 0 Å². The second-order valence-electron chi connectivity index (χ2n) is 3.59. The zero-order valence-corrected chi connectivity index (χ0v) is 9.79. The van der Waals surface area contributed by atoms with Gasteiger partial charge < -0.3 is 5.32 Å². The summed E-state index contributed by atoms with van der Waals surface area (Å²) in [5, 5.41) is 2.26. The minimum absolute atomic E-state index is 0.128. The number of amides is 1. The zero-order valence-electron chi connectivity index (χ0n) is 9.03. The van der Waals surface area contributed by atoms with E-state index >= 15 is 0 Å². The summed E-state index contributed by atoms with van der Waals surface area (Å²) in [5.41, 5.74) is 0.833. The van der Waals surface area contributed by atoms with Crippen LogP contribution in [0.1, 0.15) is 31.2 Å². The molecule has 0 bridgehead atoms. The Labute approximate surface area is 95.6 Å². The van der Waals surface area contributed by atoms with Crippen molar-refractivity contribution in [2.24, 2.45) is 0 Å². The molecular weight excluding hydrogens is 210 g/mol. The van der Waals surface area contributed by atoms with Crippen molar-refractivity contribution in [2.45, 2.75) is 31.7 Å². The SMILES string of the molecule is CCC(C)NC(=O)C(Cl)c1ccccc1. The predicted octanol–water partition coefficient (Wildman–Crippen LogP) is 2.88. The topological polar surface area (TPSA) is 29.1 Å². The van der Waals surface area contributed by atoms with E-state index in [9.17, 15) is 4.79 Å². The Morgan fingerprint density at radius 3 is 2.53 bits per heavy atom. The maximum Gasteiger partial charge on any atom is 0.242 e. The van der Waals surface area contributed by atoms with Crippen molar-refractivity contribution in [3.8, 4) is 0 Å². The number of hydrogen-bond acceptors (Lipinski definition) is 1. The van der Waals surface area contributed by atoms with Crippen LogP contribution in [-0.2, 0) is 4.79 Å². The van der Waals surface area contributed by atoms with Gasteiger partial charge in [0.15, 0.2) is 0 Å². The molecule has 2 atom stereocenters. The molecule has 0 aliphatic rings. The van der Waals surface area contributed by atoms with Crippen LogP contribution in [0.3, 0.4) is 0 Å². The number of hydrogen-bond donors (Lipinski definition) is 1. The Morgan fingerprint density at radius 1 is 1.40 bits per heavy atom. The minimum Gasteiger partial charge on any atom is -0.352 e. The number of carbonyl (C=O) groups is 1. The Kier molecular flexibility index (Phi) is 4.63. The molecule has 0 aromatic heterocycles. The average molecular weight is 226 g/mol. The van der Waals surface area contributed by atoms with Gasteiger partial charge in [-0.25, -0.2) is 0 Å². The highest BCUT2D eigenvalue weighted by molar-refractivity contribution is 6.30. The van der Waals surface area contributed by atoms with Gasteiger partial charge >= 0.3 is 0 Å². The van der Waals surface area contributed by atoms with Crippen LogP contribution in [0.2, 0.25) is 0 Å². The largest absolute Gasteiger partial charge is 0.352 e. The fourth-order valence-corrected chi connectivity index (χ4v) is 1.40. The number of nitrogens with one attached hydrogen (secondary N) is 1. The summed E-state index contributed by atoms with van der Waals surface area (Å²) in [4.78, 5) is 11.7. The van der Waals surface area contributed by atoms with Crippen molar-refractivity contribution >= 4 is 17.5 Å². The molecule has 0 radical (unpaired) electrons. The van der Waals surface area contributed by atoms with Crippen molar-refractivity contribution in [3.63, 3.8) is 0 Å². The summed E-state index contributed by atoms with van der Waals surface area (Å²) < 4.78 is 0. The summed E-state index contributed by atoms with van der Waals surface area (Å²) in [6, 6.07) is 9.53. The molecule has 1 aromatic carbocycles. The van der Waals surface area contributed by atoms with Crippen LogP contribution in [0.15, 0.2) is 30.3 Å². The van der Waals surface area contributed by atoms with Crippen LogP contribution >= 0.6 is 11.6 Å². The first-order chi connectivity index (χ1) is 7.15. The van der Waals surface area contributed by atoms with Gasteiger partial charge in [-0.3, -0.25) is 4.79 Å². The Hall–Kier alpha value is -1.02. The van der Waals surface area contributed by atoms with Gasteiger partial charge in [0.25, 0.3) is 0 Å². The average Bonchev–Trinajstić information content (AvgIpc) is 2.29. The first kappa shape index (κ1) is 12.1. The summed E-state index contributed by atoms with van der Waals surface area (Å²) in [6.45, 7) is 3.99. The Balaban J connectivity index is 2.61. The fraction of sp³-hybridized carbons (Fsp3) is 0.417.